The van der Waals surface area contributed by atoms with E-state index in [1.54, 1.807) is 0 Å². The van der Waals surface area contributed by atoms with E-state index >= 15 is 0 Å². The van der Waals surface area contributed by atoms with E-state index in [2.05, 4.69) is 12.2 Å². The van der Waals surface area contributed by atoms with E-state index in [1.807, 2.05) is 48.2 Å². The largest absolute Gasteiger partial charge is 0.388 e. The highest BCUT2D eigenvalue weighted by molar-refractivity contribution is 5.94. The average Bonchev–Trinajstić information content (AvgIpc) is 2.66. The summed E-state index contributed by atoms with van der Waals surface area (Å²) in [5, 5.41) is 3.07. The van der Waals surface area contributed by atoms with Crippen LogP contribution in [-0.4, -0.2) is 37.6 Å². The number of hydrogen-bond donors (Lipinski definition) is 1. The third-order valence-electron chi connectivity index (χ3n) is 3.41. The SMILES string of the molecule is CCC1CN(c2ccc(NC)cc2)C(=O)N1C. The Morgan fingerprint density at radius 2 is 2.00 bits per heavy atom. The Bertz CT molecular complexity index is 402. The van der Waals surface area contributed by atoms with E-state index in [9.17, 15) is 4.79 Å². The molecular weight excluding hydrogens is 214 g/mol. The van der Waals surface area contributed by atoms with Gasteiger partial charge in [0.05, 0.1) is 6.04 Å². The van der Waals surface area contributed by atoms with Crippen LogP contribution in [0.1, 0.15) is 13.3 Å². The number of nitrogens with one attached hydrogen (secondary N) is 1. The summed E-state index contributed by atoms with van der Waals surface area (Å²) < 4.78 is 0. The van der Waals surface area contributed by atoms with Crippen LogP contribution in [0.3, 0.4) is 0 Å². The van der Waals surface area contributed by atoms with E-state index in [4.69, 9.17) is 0 Å². The lowest BCUT2D eigenvalue weighted by Gasteiger charge is -2.16. The summed E-state index contributed by atoms with van der Waals surface area (Å²) in [6.45, 7) is 2.90. The molecule has 0 aromatic heterocycles. The highest BCUT2D eigenvalue weighted by Gasteiger charge is 2.33. The minimum absolute atomic E-state index is 0.0917. The summed E-state index contributed by atoms with van der Waals surface area (Å²) >= 11 is 0. The van der Waals surface area contributed by atoms with Crippen molar-refractivity contribution < 1.29 is 4.79 Å². The van der Waals surface area contributed by atoms with Crippen molar-refractivity contribution in [3.8, 4) is 0 Å². The Labute approximate surface area is 102 Å². The molecule has 1 aromatic carbocycles. The zero-order valence-electron chi connectivity index (χ0n) is 10.6. The maximum atomic E-state index is 12.1. The highest BCUT2D eigenvalue weighted by atomic mass is 16.2. The lowest BCUT2D eigenvalue weighted by Crippen LogP contribution is -2.30. The van der Waals surface area contributed by atoms with Gasteiger partial charge in [-0.3, -0.25) is 4.90 Å². The number of rotatable bonds is 3. The lowest BCUT2D eigenvalue weighted by molar-refractivity contribution is 0.218. The van der Waals surface area contributed by atoms with Crippen LogP contribution in [0.4, 0.5) is 16.2 Å². The number of likely N-dealkylation sites (N-methyl/N-ethyl adjacent to an activating group) is 1. The normalized spacial score (nSPS) is 19.9. The van der Waals surface area contributed by atoms with E-state index in [1.165, 1.54) is 0 Å². The molecule has 4 nitrogen and oxygen atoms in total. The van der Waals surface area contributed by atoms with E-state index in [0.717, 1.165) is 24.3 Å². The molecule has 1 saturated heterocycles. The second kappa shape index (κ2) is 4.65. The van der Waals surface area contributed by atoms with Crippen molar-refractivity contribution in [3.05, 3.63) is 24.3 Å². The van der Waals surface area contributed by atoms with Crippen LogP contribution in [-0.2, 0) is 0 Å². The maximum Gasteiger partial charge on any atom is 0.324 e. The summed E-state index contributed by atoms with van der Waals surface area (Å²) in [4.78, 5) is 15.7. The topological polar surface area (TPSA) is 35.6 Å². The number of hydrogen-bond acceptors (Lipinski definition) is 2. The van der Waals surface area contributed by atoms with Gasteiger partial charge in [-0.05, 0) is 30.7 Å². The molecule has 1 heterocycles. The summed E-state index contributed by atoms with van der Waals surface area (Å²) in [6.07, 6.45) is 0.993. The standard InChI is InChI=1S/C13H19N3O/c1-4-11-9-16(13(17)15(11)3)12-7-5-10(14-2)6-8-12/h5-8,11,14H,4,9H2,1-3H3. The quantitative estimate of drug-likeness (QED) is 0.870. The van der Waals surface area contributed by atoms with Gasteiger partial charge in [-0.15, -0.1) is 0 Å². The van der Waals surface area contributed by atoms with E-state index < -0.39 is 0 Å². The van der Waals surface area contributed by atoms with Gasteiger partial charge in [-0.2, -0.15) is 0 Å². The number of urea groups is 1. The Hall–Kier alpha value is -1.71. The zero-order chi connectivity index (χ0) is 12.4. The molecule has 0 saturated carbocycles. The molecule has 1 aromatic rings. The van der Waals surface area contributed by atoms with Crippen molar-refractivity contribution in [2.45, 2.75) is 19.4 Å². The first-order valence-electron chi connectivity index (χ1n) is 5.99. The molecule has 0 spiro atoms. The second-order valence-electron chi connectivity index (χ2n) is 4.36. The van der Waals surface area contributed by atoms with E-state index in [0.29, 0.717) is 6.04 Å². The number of anilines is 2. The smallest absolute Gasteiger partial charge is 0.324 e. The maximum absolute atomic E-state index is 12.1. The zero-order valence-corrected chi connectivity index (χ0v) is 10.6. The van der Waals surface area contributed by atoms with Gasteiger partial charge in [0.2, 0.25) is 0 Å². The van der Waals surface area contributed by atoms with Crippen molar-refractivity contribution in [2.24, 2.45) is 0 Å². The summed E-state index contributed by atoms with van der Waals surface area (Å²) in [5.41, 5.74) is 2.03. The van der Waals surface area contributed by atoms with Crippen molar-refractivity contribution in [2.75, 3.05) is 30.9 Å². The summed E-state index contributed by atoms with van der Waals surface area (Å²) in [5.74, 6) is 0. The fraction of sp³-hybridized carbons (Fsp3) is 0.462. The third-order valence-corrected chi connectivity index (χ3v) is 3.41. The van der Waals surface area contributed by atoms with Crippen LogP contribution in [0.25, 0.3) is 0 Å². The van der Waals surface area contributed by atoms with Gasteiger partial charge in [0.15, 0.2) is 0 Å². The van der Waals surface area contributed by atoms with Gasteiger partial charge >= 0.3 is 6.03 Å². The third kappa shape index (κ3) is 2.07. The molecule has 0 bridgehead atoms. The van der Waals surface area contributed by atoms with Gasteiger partial charge in [0, 0.05) is 32.0 Å². The van der Waals surface area contributed by atoms with Gasteiger partial charge < -0.3 is 10.2 Å². The van der Waals surface area contributed by atoms with Gasteiger partial charge in [-0.25, -0.2) is 4.79 Å². The number of amides is 2. The first-order valence-corrected chi connectivity index (χ1v) is 5.99. The van der Waals surface area contributed by atoms with Crippen LogP contribution < -0.4 is 10.2 Å². The molecule has 1 N–H and O–H groups in total. The molecule has 1 unspecified atom stereocenters. The molecular formula is C13H19N3O. The first-order chi connectivity index (χ1) is 8.17. The molecule has 1 atom stereocenters. The Kier molecular flexibility index (Phi) is 3.22. The van der Waals surface area contributed by atoms with Gasteiger partial charge in [-0.1, -0.05) is 6.92 Å². The van der Waals surface area contributed by atoms with Crippen molar-refractivity contribution in [1.29, 1.82) is 0 Å². The molecule has 0 aliphatic carbocycles. The average molecular weight is 233 g/mol. The number of nitrogens with zero attached hydrogens (tertiary/aromatic N) is 2. The van der Waals surface area contributed by atoms with Crippen LogP contribution in [0.15, 0.2) is 24.3 Å². The van der Waals surface area contributed by atoms with Crippen LogP contribution >= 0.6 is 0 Å². The predicted octanol–water partition coefficient (Wildman–Crippen LogP) is 2.38. The fourth-order valence-corrected chi connectivity index (χ4v) is 2.18. The van der Waals surface area contributed by atoms with Gasteiger partial charge in [0.1, 0.15) is 0 Å². The molecule has 92 valence electrons. The van der Waals surface area contributed by atoms with Crippen molar-refractivity contribution >= 4 is 17.4 Å². The molecule has 1 aliphatic heterocycles. The fourth-order valence-electron chi connectivity index (χ4n) is 2.18. The first kappa shape index (κ1) is 11.8. The molecule has 4 heteroatoms. The minimum Gasteiger partial charge on any atom is -0.388 e. The lowest BCUT2D eigenvalue weighted by atomic mass is 10.2. The van der Waals surface area contributed by atoms with Crippen LogP contribution in [0.2, 0.25) is 0 Å². The van der Waals surface area contributed by atoms with Crippen LogP contribution in [0, 0.1) is 0 Å². The van der Waals surface area contributed by atoms with Crippen LogP contribution in [0.5, 0.6) is 0 Å². The number of benzene rings is 1. The summed E-state index contributed by atoms with van der Waals surface area (Å²) in [7, 11) is 3.76. The number of carbonyl (C=O) groups excluding carboxylic acids is 1. The monoisotopic (exact) mass is 233 g/mol. The molecule has 1 fully saturated rings. The molecule has 17 heavy (non-hydrogen) atoms. The molecule has 2 rings (SSSR count). The van der Waals surface area contributed by atoms with Gasteiger partial charge in [0.25, 0.3) is 0 Å². The second-order valence-corrected chi connectivity index (χ2v) is 4.36. The Morgan fingerprint density at radius 3 is 2.47 bits per heavy atom. The Balaban J connectivity index is 2.20. The summed E-state index contributed by atoms with van der Waals surface area (Å²) in [6, 6.07) is 8.36. The highest BCUT2D eigenvalue weighted by Crippen LogP contribution is 2.25. The molecule has 2 amide bonds. The Morgan fingerprint density at radius 1 is 1.35 bits per heavy atom. The van der Waals surface area contributed by atoms with Crippen molar-refractivity contribution in [1.82, 2.24) is 4.90 Å². The molecule has 0 radical (unpaired) electrons. The number of carbonyl (C=O) groups is 1. The molecule has 1 aliphatic rings. The minimum atomic E-state index is 0.0917. The van der Waals surface area contributed by atoms with E-state index in [-0.39, 0.29) is 6.03 Å². The van der Waals surface area contributed by atoms with Crippen molar-refractivity contribution in [3.63, 3.8) is 0 Å². The predicted molar refractivity (Wildman–Crippen MR) is 70.6 cm³/mol.